The summed E-state index contributed by atoms with van der Waals surface area (Å²) in [5.41, 5.74) is 2.65. The molecule has 0 spiro atoms. The lowest BCUT2D eigenvalue weighted by Crippen LogP contribution is -1.82. The molecule has 0 aliphatic rings. The molecule has 0 aliphatic heterocycles. The SMILES string of the molecule is Cc1ccc(-c2onc(CO)c2Br)cc1. The van der Waals surface area contributed by atoms with Crippen molar-refractivity contribution >= 4 is 15.9 Å². The fourth-order valence-electron chi connectivity index (χ4n) is 1.29. The predicted molar refractivity (Wildman–Crippen MR) is 60.3 cm³/mol. The summed E-state index contributed by atoms with van der Waals surface area (Å²) in [5, 5.41) is 12.7. The molecule has 0 radical (unpaired) electrons. The maximum absolute atomic E-state index is 8.97. The summed E-state index contributed by atoms with van der Waals surface area (Å²) in [7, 11) is 0. The summed E-state index contributed by atoms with van der Waals surface area (Å²) in [6, 6.07) is 7.93. The molecule has 0 amide bonds. The lowest BCUT2D eigenvalue weighted by molar-refractivity contribution is 0.266. The van der Waals surface area contributed by atoms with Crippen molar-refractivity contribution in [3.63, 3.8) is 0 Å². The normalized spacial score (nSPS) is 10.6. The van der Waals surface area contributed by atoms with Gasteiger partial charge in [0.2, 0.25) is 0 Å². The third-order valence-corrected chi connectivity index (χ3v) is 2.98. The summed E-state index contributed by atoms with van der Waals surface area (Å²) in [5.74, 6) is 0.652. The van der Waals surface area contributed by atoms with Crippen molar-refractivity contribution in [2.45, 2.75) is 13.5 Å². The molecule has 2 aromatic rings. The zero-order valence-corrected chi connectivity index (χ0v) is 9.78. The average Bonchev–Trinajstić information content (AvgIpc) is 2.61. The van der Waals surface area contributed by atoms with Gasteiger partial charge in [-0.3, -0.25) is 0 Å². The molecule has 78 valence electrons. The van der Waals surface area contributed by atoms with Gasteiger partial charge < -0.3 is 9.63 Å². The third kappa shape index (κ3) is 1.96. The second-order valence-corrected chi connectivity index (χ2v) is 4.09. The van der Waals surface area contributed by atoms with Crippen LogP contribution in [0.3, 0.4) is 0 Å². The molecule has 1 N–H and O–H groups in total. The lowest BCUT2D eigenvalue weighted by Gasteiger charge is -1.97. The van der Waals surface area contributed by atoms with Gasteiger partial charge >= 0.3 is 0 Å². The minimum absolute atomic E-state index is 0.129. The quantitative estimate of drug-likeness (QED) is 0.910. The molecular weight excluding hydrogens is 258 g/mol. The Morgan fingerprint density at radius 1 is 1.33 bits per heavy atom. The Balaban J connectivity index is 2.45. The van der Waals surface area contributed by atoms with Crippen LogP contribution < -0.4 is 0 Å². The molecule has 2 rings (SSSR count). The molecule has 0 unspecified atom stereocenters. The van der Waals surface area contributed by atoms with Crippen LogP contribution in [0.5, 0.6) is 0 Å². The molecule has 15 heavy (non-hydrogen) atoms. The summed E-state index contributed by atoms with van der Waals surface area (Å²) in [6.07, 6.45) is 0. The lowest BCUT2D eigenvalue weighted by atomic mass is 10.1. The van der Waals surface area contributed by atoms with Crippen LogP contribution in [0.25, 0.3) is 11.3 Å². The Bertz CT molecular complexity index is 462. The van der Waals surface area contributed by atoms with Gasteiger partial charge in [0, 0.05) is 5.56 Å². The molecule has 3 nitrogen and oxygen atoms in total. The maximum atomic E-state index is 8.97. The number of nitrogens with zero attached hydrogens (tertiary/aromatic N) is 1. The minimum atomic E-state index is -0.129. The fourth-order valence-corrected chi connectivity index (χ4v) is 1.79. The molecule has 1 aromatic heterocycles. The number of halogens is 1. The molecule has 0 bridgehead atoms. The van der Waals surface area contributed by atoms with Crippen molar-refractivity contribution in [2.75, 3.05) is 0 Å². The second-order valence-electron chi connectivity index (χ2n) is 3.30. The number of benzene rings is 1. The highest BCUT2D eigenvalue weighted by molar-refractivity contribution is 9.10. The number of rotatable bonds is 2. The predicted octanol–water partition coefficient (Wildman–Crippen LogP) is 2.90. The summed E-state index contributed by atoms with van der Waals surface area (Å²) < 4.78 is 5.87. The van der Waals surface area contributed by atoms with Crippen LogP contribution in [0, 0.1) is 6.92 Å². The number of hydrogen-bond donors (Lipinski definition) is 1. The Labute approximate surface area is 95.8 Å². The van der Waals surface area contributed by atoms with Gasteiger partial charge in [-0.1, -0.05) is 35.0 Å². The van der Waals surface area contributed by atoms with E-state index in [0.29, 0.717) is 15.9 Å². The van der Waals surface area contributed by atoms with Crippen molar-refractivity contribution < 1.29 is 9.63 Å². The molecule has 4 heteroatoms. The van der Waals surface area contributed by atoms with Crippen molar-refractivity contribution in [3.05, 3.63) is 40.0 Å². The molecular formula is C11H10BrNO2. The smallest absolute Gasteiger partial charge is 0.181 e. The number of aromatic nitrogens is 1. The van der Waals surface area contributed by atoms with Crippen molar-refractivity contribution in [3.8, 4) is 11.3 Å². The van der Waals surface area contributed by atoms with Gasteiger partial charge in [0.15, 0.2) is 5.76 Å². The van der Waals surface area contributed by atoms with Crippen LogP contribution >= 0.6 is 15.9 Å². The van der Waals surface area contributed by atoms with Crippen LogP contribution in [0.4, 0.5) is 0 Å². The molecule has 0 saturated carbocycles. The van der Waals surface area contributed by atoms with E-state index in [2.05, 4.69) is 21.1 Å². The summed E-state index contributed by atoms with van der Waals surface area (Å²) >= 11 is 3.35. The van der Waals surface area contributed by atoms with Crippen molar-refractivity contribution in [1.82, 2.24) is 5.16 Å². The van der Waals surface area contributed by atoms with Gasteiger partial charge in [-0.15, -0.1) is 0 Å². The Morgan fingerprint density at radius 3 is 2.53 bits per heavy atom. The number of aryl methyl sites for hydroxylation is 1. The second kappa shape index (κ2) is 4.16. The first kappa shape index (κ1) is 10.4. The molecule has 1 heterocycles. The van der Waals surface area contributed by atoms with E-state index in [1.165, 1.54) is 5.56 Å². The fraction of sp³-hybridized carbons (Fsp3) is 0.182. The summed E-state index contributed by atoms with van der Waals surface area (Å²) in [6.45, 7) is 1.90. The molecule has 0 atom stereocenters. The largest absolute Gasteiger partial charge is 0.390 e. The standard InChI is InChI=1S/C11H10BrNO2/c1-7-2-4-8(5-3-7)11-10(12)9(6-14)13-15-11/h2-5,14H,6H2,1H3. The van der Waals surface area contributed by atoms with Gasteiger partial charge in [0.1, 0.15) is 5.69 Å². The Morgan fingerprint density at radius 2 is 2.00 bits per heavy atom. The first-order chi connectivity index (χ1) is 7.22. The Kier molecular flexibility index (Phi) is 2.88. The van der Waals surface area contributed by atoms with Crippen molar-refractivity contribution in [1.29, 1.82) is 0 Å². The highest BCUT2D eigenvalue weighted by Gasteiger charge is 2.13. The first-order valence-corrected chi connectivity index (χ1v) is 5.33. The van der Waals surface area contributed by atoms with Gasteiger partial charge in [0.25, 0.3) is 0 Å². The highest BCUT2D eigenvalue weighted by atomic mass is 79.9. The van der Waals surface area contributed by atoms with Crippen LogP contribution in [-0.2, 0) is 6.61 Å². The van der Waals surface area contributed by atoms with Crippen LogP contribution in [0.1, 0.15) is 11.3 Å². The number of hydrogen-bond acceptors (Lipinski definition) is 3. The minimum Gasteiger partial charge on any atom is -0.390 e. The maximum Gasteiger partial charge on any atom is 0.181 e. The topological polar surface area (TPSA) is 46.3 Å². The average molecular weight is 268 g/mol. The molecule has 0 fully saturated rings. The summed E-state index contributed by atoms with van der Waals surface area (Å²) in [4.78, 5) is 0. The molecule has 0 aliphatic carbocycles. The van der Waals surface area contributed by atoms with E-state index in [1.807, 2.05) is 31.2 Å². The zero-order chi connectivity index (χ0) is 10.8. The highest BCUT2D eigenvalue weighted by Crippen LogP contribution is 2.31. The zero-order valence-electron chi connectivity index (χ0n) is 8.20. The van der Waals surface area contributed by atoms with Crippen LogP contribution in [0.2, 0.25) is 0 Å². The third-order valence-electron chi connectivity index (χ3n) is 2.16. The van der Waals surface area contributed by atoms with E-state index < -0.39 is 0 Å². The molecule has 0 saturated heterocycles. The number of aliphatic hydroxyl groups excluding tert-OH is 1. The van der Waals surface area contributed by atoms with Gasteiger partial charge in [-0.05, 0) is 22.9 Å². The molecule has 1 aromatic carbocycles. The first-order valence-electron chi connectivity index (χ1n) is 4.54. The van der Waals surface area contributed by atoms with Gasteiger partial charge in [-0.25, -0.2) is 0 Å². The van der Waals surface area contributed by atoms with E-state index in [-0.39, 0.29) is 6.61 Å². The van der Waals surface area contributed by atoms with E-state index >= 15 is 0 Å². The van der Waals surface area contributed by atoms with E-state index in [4.69, 9.17) is 9.63 Å². The van der Waals surface area contributed by atoms with Crippen LogP contribution in [-0.4, -0.2) is 10.3 Å². The van der Waals surface area contributed by atoms with Gasteiger partial charge in [-0.2, -0.15) is 0 Å². The van der Waals surface area contributed by atoms with E-state index in [0.717, 1.165) is 5.56 Å². The van der Waals surface area contributed by atoms with Crippen molar-refractivity contribution in [2.24, 2.45) is 0 Å². The van der Waals surface area contributed by atoms with Crippen LogP contribution in [0.15, 0.2) is 33.3 Å². The monoisotopic (exact) mass is 267 g/mol. The van der Waals surface area contributed by atoms with E-state index in [1.54, 1.807) is 0 Å². The number of aliphatic hydroxyl groups is 1. The Hall–Kier alpha value is -1.13. The van der Waals surface area contributed by atoms with E-state index in [9.17, 15) is 0 Å². The van der Waals surface area contributed by atoms with Gasteiger partial charge in [0.05, 0.1) is 11.1 Å².